The first kappa shape index (κ1) is 19.1. The molecule has 1 fully saturated rings. The Morgan fingerprint density at radius 3 is 2.74 bits per heavy atom. The van der Waals surface area contributed by atoms with Crippen molar-refractivity contribution in [2.45, 2.75) is 57.7 Å². The van der Waals surface area contributed by atoms with Crippen LogP contribution in [0.5, 0.6) is 0 Å². The summed E-state index contributed by atoms with van der Waals surface area (Å²) in [4.78, 5) is 14.4. The van der Waals surface area contributed by atoms with Crippen molar-refractivity contribution >= 4 is 30.1 Å². The molecule has 3 nitrogen and oxygen atoms in total. The number of carbonyl (C=O) groups excluding carboxylic acids is 1. The van der Waals surface area contributed by atoms with Gasteiger partial charge >= 0.3 is 0 Å². The topological polar surface area (TPSA) is 46.3 Å². The zero-order valence-corrected chi connectivity index (χ0v) is 14.1. The Labute approximate surface area is 128 Å². The largest absolute Gasteiger partial charge is 0.341 e. The molecule has 1 aliphatic heterocycles. The first-order valence-electron chi connectivity index (χ1n) is 7.22. The van der Waals surface area contributed by atoms with Gasteiger partial charge in [-0.1, -0.05) is 13.3 Å². The standard InChI is InChI=1S/C14H28N2OS.ClH/c1-4-5-9-18-12(3)14(17)16-8-6-7-13(10-16)11(2)15;/h11-13H,4-10,15H2,1-3H3;1H. The molecule has 0 bridgehead atoms. The summed E-state index contributed by atoms with van der Waals surface area (Å²) in [6.45, 7) is 8.05. The van der Waals surface area contributed by atoms with E-state index in [0.29, 0.717) is 11.8 Å². The Kier molecular flexibility index (Phi) is 9.93. The van der Waals surface area contributed by atoms with Crippen LogP contribution in [0.4, 0.5) is 0 Å². The van der Waals surface area contributed by atoms with E-state index in [1.807, 2.05) is 11.8 Å². The van der Waals surface area contributed by atoms with Crippen molar-refractivity contribution in [3.05, 3.63) is 0 Å². The first-order valence-corrected chi connectivity index (χ1v) is 8.27. The number of halogens is 1. The second-order valence-corrected chi connectivity index (χ2v) is 6.86. The average molecular weight is 309 g/mol. The van der Waals surface area contributed by atoms with Crippen LogP contribution in [0.2, 0.25) is 0 Å². The minimum atomic E-state index is 0. The summed E-state index contributed by atoms with van der Waals surface area (Å²) in [6, 6.07) is 0.198. The SMILES string of the molecule is CCCCSC(C)C(=O)N1CCCC(C(C)N)C1.Cl. The minimum Gasteiger partial charge on any atom is -0.341 e. The molecule has 0 spiro atoms. The van der Waals surface area contributed by atoms with Gasteiger partial charge in [-0.15, -0.1) is 24.2 Å². The van der Waals surface area contributed by atoms with Gasteiger partial charge in [-0.3, -0.25) is 4.79 Å². The van der Waals surface area contributed by atoms with Gasteiger partial charge in [-0.2, -0.15) is 0 Å². The maximum absolute atomic E-state index is 12.3. The summed E-state index contributed by atoms with van der Waals surface area (Å²) in [5.74, 6) is 1.88. The number of carbonyl (C=O) groups is 1. The Bertz CT molecular complexity index is 264. The molecule has 1 heterocycles. The number of hydrogen-bond acceptors (Lipinski definition) is 3. The van der Waals surface area contributed by atoms with Crippen molar-refractivity contribution in [3.63, 3.8) is 0 Å². The molecule has 1 amide bonds. The van der Waals surface area contributed by atoms with E-state index in [-0.39, 0.29) is 23.7 Å². The number of nitrogens with two attached hydrogens (primary N) is 1. The molecule has 5 heteroatoms. The van der Waals surface area contributed by atoms with E-state index in [4.69, 9.17) is 5.73 Å². The van der Waals surface area contributed by atoms with Crippen molar-refractivity contribution in [2.24, 2.45) is 11.7 Å². The highest BCUT2D eigenvalue weighted by atomic mass is 35.5. The Morgan fingerprint density at radius 2 is 2.16 bits per heavy atom. The second kappa shape index (κ2) is 9.89. The predicted molar refractivity (Wildman–Crippen MR) is 87.0 cm³/mol. The van der Waals surface area contributed by atoms with Crippen LogP contribution in [-0.2, 0) is 4.79 Å². The van der Waals surface area contributed by atoms with E-state index in [0.717, 1.165) is 25.3 Å². The molecule has 19 heavy (non-hydrogen) atoms. The first-order chi connectivity index (χ1) is 8.56. The lowest BCUT2D eigenvalue weighted by atomic mass is 9.92. The van der Waals surface area contributed by atoms with E-state index >= 15 is 0 Å². The van der Waals surface area contributed by atoms with Crippen LogP contribution in [0, 0.1) is 5.92 Å². The summed E-state index contributed by atoms with van der Waals surface area (Å²) >= 11 is 1.79. The zero-order valence-electron chi connectivity index (χ0n) is 12.4. The number of amides is 1. The molecular formula is C14H29ClN2OS. The van der Waals surface area contributed by atoms with Crippen molar-refractivity contribution in [2.75, 3.05) is 18.8 Å². The van der Waals surface area contributed by atoms with Gasteiger partial charge in [0.1, 0.15) is 0 Å². The van der Waals surface area contributed by atoms with Crippen LogP contribution >= 0.6 is 24.2 Å². The third-order valence-corrected chi connectivity index (χ3v) is 4.95. The Balaban J connectivity index is 0.00000324. The van der Waals surface area contributed by atoms with Gasteiger partial charge < -0.3 is 10.6 Å². The summed E-state index contributed by atoms with van der Waals surface area (Å²) in [5.41, 5.74) is 5.96. The average Bonchev–Trinajstić information content (AvgIpc) is 2.38. The minimum absolute atomic E-state index is 0. The van der Waals surface area contributed by atoms with Crippen molar-refractivity contribution in [1.29, 1.82) is 0 Å². The lowest BCUT2D eigenvalue weighted by molar-refractivity contribution is -0.132. The van der Waals surface area contributed by atoms with Crippen LogP contribution in [0.25, 0.3) is 0 Å². The molecule has 2 N–H and O–H groups in total. The fraction of sp³-hybridized carbons (Fsp3) is 0.929. The van der Waals surface area contributed by atoms with E-state index in [2.05, 4.69) is 13.8 Å². The normalized spacial score (nSPS) is 22.5. The molecule has 0 radical (unpaired) electrons. The van der Waals surface area contributed by atoms with Crippen LogP contribution < -0.4 is 5.73 Å². The smallest absolute Gasteiger partial charge is 0.235 e. The van der Waals surface area contributed by atoms with Gasteiger partial charge in [0.15, 0.2) is 0 Å². The van der Waals surface area contributed by atoms with Crippen LogP contribution in [-0.4, -0.2) is 40.9 Å². The molecule has 3 unspecified atom stereocenters. The predicted octanol–water partition coefficient (Wildman–Crippen LogP) is 2.92. The molecule has 114 valence electrons. The van der Waals surface area contributed by atoms with E-state index in [1.165, 1.54) is 19.3 Å². The molecular weight excluding hydrogens is 280 g/mol. The molecule has 3 atom stereocenters. The molecule has 0 aromatic carbocycles. The zero-order chi connectivity index (χ0) is 13.5. The van der Waals surface area contributed by atoms with Gasteiger partial charge in [-0.05, 0) is 44.8 Å². The number of thioether (sulfide) groups is 1. The van der Waals surface area contributed by atoms with Gasteiger partial charge in [0.2, 0.25) is 5.91 Å². The highest BCUT2D eigenvalue weighted by molar-refractivity contribution is 8.00. The van der Waals surface area contributed by atoms with E-state index in [9.17, 15) is 4.79 Å². The van der Waals surface area contributed by atoms with Gasteiger partial charge in [-0.25, -0.2) is 0 Å². The molecule has 0 aromatic rings. The fourth-order valence-electron chi connectivity index (χ4n) is 2.37. The Morgan fingerprint density at radius 1 is 1.47 bits per heavy atom. The number of piperidine rings is 1. The highest BCUT2D eigenvalue weighted by Crippen LogP contribution is 2.22. The van der Waals surface area contributed by atoms with Crippen LogP contribution in [0.3, 0.4) is 0 Å². The third kappa shape index (κ3) is 6.37. The number of rotatable bonds is 6. The quantitative estimate of drug-likeness (QED) is 0.767. The fourth-order valence-corrected chi connectivity index (χ4v) is 3.47. The van der Waals surface area contributed by atoms with Gasteiger partial charge in [0.25, 0.3) is 0 Å². The van der Waals surface area contributed by atoms with E-state index < -0.39 is 0 Å². The lowest BCUT2D eigenvalue weighted by Crippen LogP contribution is -2.47. The van der Waals surface area contributed by atoms with Crippen molar-refractivity contribution < 1.29 is 4.79 Å². The molecule has 0 aromatic heterocycles. The summed E-state index contributed by atoms with van der Waals surface area (Å²) in [6.07, 6.45) is 4.66. The molecule has 1 rings (SSSR count). The maximum atomic E-state index is 12.3. The van der Waals surface area contributed by atoms with E-state index in [1.54, 1.807) is 11.8 Å². The number of hydrogen-bond donors (Lipinski definition) is 1. The monoisotopic (exact) mass is 308 g/mol. The summed E-state index contributed by atoms with van der Waals surface area (Å²) < 4.78 is 0. The second-order valence-electron chi connectivity index (χ2n) is 5.41. The molecule has 1 saturated heterocycles. The number of likely N-dealkylation sites (tertiary alicyclic amines) is 1. The number of unbranched alkanes of at least 4 members (excludes halogenated alkanes) is 1. The summed E-state index contributed by atoms with van der Waals surface area (Å²) in [7, 11) is 0. The third-order valence-electron chi connectivity index (χ3n) is 3.73. The lowest BCUT2D eigenvalue weighted by Gasteiger charge is -2.35. The maximum Gasteiger partial charge on any atom is 0.235 e. The van der Waals surface area contributed by atoms with Crippen molar-refractivity contribution in [1.82, 2.24) is 4.90 Å². The molecule has 0 aliphatic carbocycles. The molecule has 1 aliphatic rings. The number of nitrogens with zero attached hydrogens (tertiary/aromatic N) is 1. The van der Waals surface area contributed by atoms with Gasteiger partial charge in [0, 0.05) is 19.1 Å². The Hall–Kier alpha value is 0.0700. The highest BCUT2D eigenvalue weighted by Gasteiger charge is 2.28. The summed E-state index contributed by atoms with van der Waals surface area (Å²) in [5, 5.41) is 0.100. The van der Waals surface area contributed by atoms with Crippen LogP contribution in [0.1, 0.15) is 46.5 Å². The van der Waals surface area contributed by atoms with Gasteiger partial charge in [0.05, 0.1) is 5.25 Å². The van der Waals surface area contributed by atoms with Crippen molar-refractivity contribution in [3.8, 4) is 0 Å². The van der Waals surface area contributed by atoms with Crippen LogP contribution in [0.15, 0.2) is 0 Å². The molecule has 0 saturated carbocycles.